The molecule has 20 heavy (non-hydrogen) atoms. The molecular formula is C8H4BrClF5NO3S. The van der Waals surface area contributed by atoms with Gasteiger partial charge in [-0.3, -0.25) is 0 Å². The van der Waals surface area contributed by atoms with Gasteiger partial charge in [-0.15, -0.1) is 13.2 Å². The fourth-order valence-corrected chi connectivity index (χ4v) is 2.76. The normalized spacial score (nSPS) is 12.8. The predicted octanol–water partition coefficient (Wildman–Crippen LogP) is 3.74. The topological polar surface area (TPSA) is 56.3 Å². The summed E-state index contributed by atoms with van der Waals surface area (Å²) in [5.41, 5.74) is -1.51. The standard InChI is InChI=1S/C8H4BrClF5NO3S/c9-2-3-1-4(19-8(13,14)15)16-7(20(10,17)18)5(3)6(11)12/h1,6H,2H2. The summed E-state index contributed by atoms with van der Waals surface area (Å²) in [4.78, 5) is 2.90. The Kier molecular flexibility index (Phi) is 5.19. The summed E-state index contributed by atoms with van der Waals surface area (Å²) in [7, 11) is 0.128. The van der Waals surface area contributed by atoms with Crippen molar-refractivity contribution in [2.75, 3.05) is 0 Å². The molecule has 0 amide bonds. The zero-order valence-corrected chi connectivity index (χ0v) is 12.2. The molecule has 0 unspecified atom stereocenters. The van der Waals surface area contributed by atoms with Gasteiger partial charge in [0.05, 0.1) is 5.56 Å². The van der Waals surface area contributed by atoms with Crippen LogP contribution in [-0.4, -0.2) is 19.8 Å². The van der Waals surface area contributed by atoms with Crippen molar-refractivity contribution in [1.82, 2.24) is 4.98 Å². The van der Waals surface area contributed by atoms with Crippen LogP contribution in [0.2, 0.25) is 0 Å². The summed E-state index contributed by atoms with van der Waals surface area (Å²) >= 11 is 2.76. The maximum Gasteiger partial charge on any atom is 0.574 e. The smallest absolute Gasteiger partial charge is 0.388 e. The first kappa shape index (κ1) is 17.4. The van der Waals surface area contributed by atoms with Crippen LogP contribution >= 0.6 is 26.6 Å². The molecule has 0 N–H and O–H groups in total. The number of aromatic nitrogens is 1. The van der Waals surface area contributed by atoms with E-state index in [0.717, 1.165) is 0 Å². The van der Waals surface area contributed by atoms with Crippen LogP contribution in [0, 0.1) is 0 Å². The number of rotatable bonds is 4. The van der Waals surface area contributed by atoms with Gasteiger partial charge in [-0.2, -0.15) is 4.98 Å². The maximum atomic E-state index is 12.8. The fourth-order valence-electron chi connectivity index (χ4n) is 1.26. The van der Waals surface area contributed by atoms with Crippen molar-refractivity contribution < 1.29 is 35.1 Å². The van der Waals surface area contributed by atoms with Crippen LogP contribution in [-0.2, 0) is 14.4 Å². The van der Waals surface area contributed by atoms with E-state index in [9.17, 15) is 30.4 Å². The van der Waals surface area contributed by atoms with Crippen molar-refractivity contribution in [3.63, 3.8) is 0 Å². The molecular weight excluding hydrogens is 401 g/mol. The van der Waals surface area contributed by atoms with Gasteiger partial charge in [-0.05, 0) is 5.56 Å². The van der Waals surface area contributed by atoms with Crippen molar-refractivity contribution in [2.24, 2.45) is 0 Å². The van der Waals surface area contributed by atoms with E-state index in [1.807, 2.05) is 0 Å². The third-order valence-electron chi connectivity index (χ3n) is 1.90. The number of nitrogens with zero attached hydrogens (tertiary/aromatic N) is 1. The molecule has 12 heteroatoms. The second-order valence-corrected chi connectivity index (χ2v) is 6.30. The monoisotopic (exact) mass is 403 g/mol. The highest BCUT2D eigenvalue weighted by Crippen LogP contribution is 2.35. The Morgan fingerprint density at radius 2 is 1.95 bits per heavy atom. The molecule has 0 aliphatic heterocycles. The Morgan fingerprint density at radius 3 is 2.30 bits per heavy atom. The molecule has 0 saturated carbocycles. The molecule has 0 saturated heterocycles. The number of hydrogen-bond acceptors (Lipinski definition) is 4. The molecule has 0 radical (unpaired) electrons. The Morgan fingerprint density at radius 1 is 1.40 bits per heavy atom. The molecule has 1 aromatic rings. The number of ether oxygens (including phenoxy) is 1. The Hall–Kier alpha value is -0.680. The molecule has 0 atom stereocenters. The van der Waals surface area contributed by atoms with E-state index >= 15 is 0 Å². The minimum atomic E-state index is -5.16. The lowest BCUT2D eigenvalue weighted by atomic mass is 10.1. The van der Waals surface area contributed by atoms with Gasteiger partial charge in [0.25, 0.3) is 15.5 Å². The molecule has 1 rings (SSSR count). The Balaban J connectivity index is 3.57. The number of alkyl halides is 6. The van der Waals surface area contributed by atoms with Gasteiger partial charge in [0.2, 0.25) is 5.88 Å². The molecule has 1 heterocycles. The summed E-state index contributed by atoms with van der Waals surface area (Å²) in [6.07, 6.45) is -8.45. The van der Waals surface area contributed by atoms with Gasteiger partial charge < -0.3 is 4.74 Å². The predicted molar refractivity (Wildman–Crippen MR) is 61.5 cm³/mol. The van der Waals surface area contributed by atoms with Gasteiger partial charge in [-0.1, -0.05) is 15.9 Å². The summed E-state index contributed by atoms with van der Waals surface area (Å²) in [6, 6.07) is 0.551. The Bertz CT molecular complexity index is 607. The van der Waals surface area contributed by atoms with Crippen molar-refractivity contribution in [3.05, 3.63) is 17.2 Å². The minimum absolute atomic E-state index is 0.344. The molecule has 114 valence electrons. The van der Waals surface area contributed by atoms with Crippen LogP contribution in [0.3, 0.4) is 0 Å². The van der Waals surface area contributed by atoms with E-state index in [4.69, 9.17) is 10.7 Å². The molecule has 0 aromatic carbocycles. The molecule has 0 aliphatic rings. The third kappa shape index (κ3) is 4.42. The van der Waals surface area contributed by atoms with Crippen LogP contribution in [0.25, 0.3) is 0 Å². The average molecular weight is 405 g/mol. The van der Waals surface area contributed by atoms with E-state index in [1.54, 1.807) is 0 Å². The third-order valence-corrected chi connectivity index (χ3v) is 3.71. The number of halogens is 7. The molecule has 0 fully saturated rings. The molecule has 4 nitrogen and oxygen atoms in total. The van der Waals surface area contributed by atoms with Crippen molar-refractivity contribution in [3.8, 4) is 5.88 Å². The summed E-state index contributed by atoms with van der Waals surface area (Å²) < 4.78 is 87.6. The highest BCUT2D eigenvalue weighted by molar-refractivity contribution is 9.08. The molecule has 0 spiro atoms. The van der Waals surface area contributed by atoms with Gasteiger partial charge in [0, 0.05) is 22.1 Å². The number of hydrogen-bond donors (Lipinski definition) is 0. The van der Waals surface area contributed by atoms with Crippen LogP contribution in [0.5, 0.6) is 5.88 Å². The SMILES string of the molecule is O=S(=O)(Cl)c1nc(OC(F)(F)F)cc(CBr)c1C(F)F. The van der Waals surface area contributed by atoms with Gasteiger partial charge >= 0.3 is 6.36 Å². The first-order valence-corrected chi connectivity index (χ1v) is 7.97. The van der Waals surface area contributed by atoms with Gasteiger partial charge in [0.1, 0.15) is 0 Å². The van der Waals surface area contributed by atoms with Crippen LogP contribution in [0.15, 0.2) is 11.1 Å². The number of pyridine rings is 1. The average Bonchev–Trinajstić information content (AvgIpc) is 2.23. The van der Waals surface area contributed by atoms with Crippen molar-refractivity contribution in [1.29, 1.82) is 0 Å². The summed E-state index contributed by atoms with van der Waals surface area (Å²) in [5.74, 6) is -1.20. The quantitative estimate of drug-likeness (QED) is 0.436. The minimum Gasteiger partial charge on any atom is -0.388 e. The van der Waals surface area contributed by atoms with E-state index in [1.165, 1.54) is 0 Å². The van der Waals surface area contributed by atoms with Gasteiger partial charge in [0.15, 0.2) is 5.03 Å². The largest absolute Gasteiger partial charge is 0.574 e. The zero-order chi connectivity index (χ0) is 15.7. The van der Waals surface area contributed by atoms with Crippen molar-refractivity contribution in [2.45, 2.75) is 23.1 Å². The highest BCUT2D eigenvalue weighted by Gasteiger charge is 2.34. The summed E-state index contributed by atoms with van der Waals surface area (Å²) in [5, 5.41) is -1.71. The van der Waals surface area contributed by atoms with Crippen LogP contribution in [0.4, 0.5) is 22.0 Å². The van der Waals surface area contributed by atoms with Crippen LogP contribution in [0.1, 0.15) is 17.6 Å². The van der Waals surface area contributed by atoms with E-state index < -0.39 is 43.9 Å². The first-order chi connectivity index (χ1) is 8.95. The van der Waals surface area contributed by atoms with Gasteiger partial charge in [-0.25, -0.2) is 17.2 Å². The lowest BCUT2D eigenvalue weighted by molar-refractivity contribution is -0.276. The maximum absolute atomic E-state index is 12.8. The molecule has 1 aromatic heterocycles. The zero-order valence-electron chi connectivity index (χ0n) is 9.09. The lowest BCUT2D eigenvalue weighted by Gasteiger charge is -2.14. The molecule has 0 aliphatic carbocycles. The van der Waals surface area contributed by atoms with Crippen molar-refractivity contribution >= 4 is 35.7 Å². The summed E-state index contributed by atoms with van der Waals surface area (Å²) in [6.45, 7) is 0. The second kappa shape index (κ2) is 5.98. The highest BCUT2D eigenvalue weighted by atomic mass is 79.9. The van der Waals surface area contributed by atoms with Crippen LogP contribution < -0.4 is 4.74 Å². The Labute approximate surface area is 122 Å². The van der Waals surface area contributed by atoms with E-state index in [0.29, 0.717) is 6.07 Å². The lowest BCUT2D eigenvalue weighted by Crippen LogP contribution is -2.19. The molecule has 0 bridgehead atoms. The fraction of sp³-hybridized carbons (Fsp3) is 0.375. The van der Waals surface area contributed by atoms with E-state index in [2.05, 4.69) is 25.7 Å². The van der Waals surface area contributed by atoms with E-state index in [-0.39, 0.29) is 5.33 Å². The first-order valence-electron chi connectivity index (χ1n) is 4.54. The second-order valence-electron chi connectivity index (χ2n) is 3.26.